The molecule has 0 N–H and O–H groups in total. The summed E-state index contributed by atoms with van der Waals surface area (Å²) >= 11 is 0. The van der Waals surface area contributed by atoms with Crippen molar-refractivity contribution in [3.8, 4) is 56.0 Å². The number of fused-ring (bicyclic) bond motifs is 14. The van der Waals surface area contributed by atoms with Crippen LogP contribution in [0.15, 0.2) is 309 Å². The summed E-state index contributed by atoms with van der Waals surface area (Å²) in [6.45, 7) is 13.7. The Morgan fingerprint density at radius 1 is 0.255 bits per heavy atom. The van der Waals surface area contributed by atoms with Gasteiger partial charge in [0.15, 0.2) is 0 Å². The molecule has 0 amide bonds. The first kappa shape index (κ1) is 57.8. The van der Waals surface area contributed by atoms with E-state index in [9.17, 15) is 0 Å². The topological polar surface area (TPSA) is 19.0 Å². The Kier molecular flexibility index (Phi) is 13.0. The molecule has 464 valence electrons. The van der Waals surface area contributed by atoms with Crippen molar-refractivity contribution in [3.63, 3.8) is 0 Å². The number of hydrogen-bond acceptors (Lipinski definition) is 4. The van der Waals surface area contributed by atoms with Crippen LogP contribution in [0.4, 0.5) is 51.2 Å². The van der Waals surface area contributed by atoms with Crippen molar-refractivity contribution >= 4 is 130 Å². The fraction of sp³-hybridized carbons (Fsp3) is 0.0870. The van der Waals surface area contributed by atoms with Crippen molar-refractivity contribution in [1.82, 2.24) is 0 Å². The third-order valence-electron chi connectivity index (χ3n) is 21.4. The summed E-state index contributed by atoms with van der Waals surface area (Å²) in [5, 5.41) is 7.45. The average molecular weight is 1250 g/mol. The van der Waals surface area contributed by atoms with E-state index in [-0.39, 0.29) is 24.3 Å². The maximum absolute atomic E-state index is 7.88. The summed E-state index contributed by atoms with van der Waals surface area (Å²) in [6, 6.07) is 116. The zero-order valence-corrected chi connectivity index (χ0v) is 55.8. The molecule has 15 aromatic rings. The fourth-order valence-corrected chi connectivity index (χ4v) is 16.8. The smallest absolute Gasteiger partial charge is 0.256 e. The number of ether oxygens (including phenoxy) is 1. The number of benzene rings is 15. The van der Waals surface area contributed by atoms with Gasteiger partial charge in [-0.15, -0.1) is 0 Å². The van der Waals surface area contributed by atoms with Gasteiger partial charge in [0.25, 0.3) is 13.4 Å². The van der Waals surface area contributed by atoms with Crippen molar-refractivity contribution in [2.75, 3.05) is 14.7 Å². The van der Waals surface area contributed by atoms with Gasteiger partial charge in [0, 0.05) is 68.1 Å². The van der Waals surface area contributed by atoms with Gasteiger partial charge in [0.2, 0.25) is 0 Å². The minimum absolute atomic E-state index is 0.195. The van der Waals surface area contributed by atoms with E-state index in [1.165, 1.54) is 87.6 Å². The highest BCUT2D eigenvalue weighted by atomic mass is 16.5. The minimum atomic E-state index is -0.258. The standard InChI is InChI=1S/C92H69B2N3O/c1-91(2,3)62-51-82-87-83(52-62)96(89-65(58-29-11-7-12-30-58)41-27-42-66(89)59-31-13-8-14-32-59)79-47-25-23-45-75(79)93(87)77-56-78-85(57-81(77)95(82)64-49-50-73-71-39-20-19-37-69(71)70-38-21-22-40-72(70)74(73)55-64)98-86-54-63(92(4,5)6)53-84-88(86)94(78)76-46-24-26-48-80(76)97(84)90-67(60-33-15-9-16-34-60)43-28-44-68(90)61-35-17-10-18-36-61/h7-57H,1-6H3. The molecule has 0 saturated heterocycles. The highest BCUT2D eigenvalue weighted by Crippen LogP contribution is 2.54. The van der Waals surface area contributed by atoms with Gasteiger partial charge in [-0.3, -0.25) is 0 Å². The molecule has 0 atom stereocenters. The van der Waals surface area contributed by atoms with Crippen LogP contribution in [0.3, 0.4) is 0 Å². The zero-order chi connectivity index (χ0) is 65.7. The Labute approximate surface area is 574 Å². The van der Waals surface area contributed by atoms with Crippen LogP contribution in [0, 0.1) is 0 Å². The molecule has 15 aromatic carbocycles. The van der Waals surface area contributed by atoms with Gasteiger partial charge in [0.1, 0.15) is 11.5 Å². The van der Waals surface area contributed by atoms with Crippen molar-refractivity contribution < 1.29 is 4.74 Å². The van der Waals surface area contributed by atoms with E-state index in [4.69, 9.17) is 4.74 Å². The number of anilines is 9. The normalized spacial score (nSPS) is 13.4. The molecule has 4 aliphatic heterocycles. The van der Waals surface area contributed by atoms with E-state index < -0.39 is 0 Å². The Bertz CT molecular complexity index is 5630. The molecular weight excluding hydrogens is 1180 g/mol. The van der Waals surface area contributed by atoms with Gasteiger partial charge in [-0.1, -0.05) is 296 Å². The second kappa shape index (κ2) is 22.0. The van der Waals surface area contributed by atoms with Crippen LogP contribution in [-0.2, 0) is 10.8 Å². The first-order valence-corrected chi connectivity index (χ1v) is 34.5. The van der Waals surface area contributed by atoms with Gasteiger partial charge in [0.05, 0.1) is 11.4 Å². The van der Waals surface area contributed by atoms with Crippen LogP contribution in [0.5, 0.6) is 11.5 Å². The lowest BCUT2D eigenvalue weighted by molar-refractivity contribution is 0.483. The summed E-state index contributed by atoms with van der Waals surface area (Å²) in [4.78, 5) is 7.85. The quantitative estimate of drug-likeness (QED) is 0.117. The third-order valence-corrected chi connectivity index (χ3v) is 21.4. The molecule has 4 aliphatic rings. The second-order valence-electron chi connectivity index (χ2n) is 29.1. The molecule has 4 nitrogen and oxygen atoms in total. The van der Waals surface area contributed by atoms with Gasteiger partial charge >= 0.3 is 0 Å². The van der Waals surface area contributed by atoms with Crippen LogP contribution < -0.4 is 52.2 Å². The van der Waals surface area contributed by atoms with E-state index in [1.54, 1.807) is 0 Å². The summed E-state index contributed by atoms with van der Waals surface area (Å²) in [5.41, 5.74) is 28.8. The zero-order valence-electron chi connectivity index (χ0n) is 55.8. The maximum atomic E-state index is 7.88. The molecule has 0 aliphatic carbocycles. The Hall–Kier alpha value is -11.6. The lowest BCUT2D eigenvalue weighted by Crippen LogP contribution is -2.64. The summed E-state index contributed by atoms with van der Waals surface area (Å²) in [6.07, 6.45) is 0. The molecule has 0 unspecified atom stereocenters. The van der Waals surface area contributed by atoms with Crippen LogP contribution in [0.2, 0.25) is 0 Å². The summed E-state index contributed by atoms with van der Waals surface area (Å²) < 4.78 is 7.88. The lowest BCUT2D eigenvalue weighted by Gasteiger charge is -2.46. The van der Waals surface area contributed by atoms with Crippen LogP contribution in [-0.4, -0.2) is 13.4 Å². The molecule has 98 heavy (non-hydrogen) atoms. The van der Waals surface area contributed by atoms with E-state index in [0.717, 1.165) is 95.8 Å². The van der Waals surface area contributed by atoms with Gasteiger partial charge in [-0.05, 0) is 158 Å². The predicted octanol–water partition coefficient (Wildman–Crippen LogP) is 20.9. The SMILES string of the molecule is CC(C)(C)c1cc2c3c(c1)N(c1c(-c4ccccc4)cccc1-c1ccccc1)c1ccccc1B3c1cc3c(cc1O2)N(c1ccc2c4ccccc4c4ccccc4c2c1)c1cc(C(C)(C)C)cc2c1B3c1ccccc1N2c1c(-c2ccccc2)cccc1-c1ccccc1. The number of rotatable bonds is 7. The van der Waals surface area contributed by atoms with Crippen molar-refractivity contribution in [3.05, 3.63) is 321 Å². The van der Waals surface area contributed by atoms with Crippen LogP contribution in [0.25, 0.3) is 76.8 Å². The molecule has 19 rings (SSSR count). The van der Waals surface area contributed by atoms with Crippen molar-refractivity contribution in [2.45, 2.75) is 52.4 Å². The minimum Gasteiger partial charge on any atom is -0.458 e. The molecule has 0 spiro atoms. The molecule has 4 heterocycles. The van der Waals surface area contributed by atoms with E-state index in [1.807, 2.05) is 0 Å². The van der Waals surface area contributed by atoms with E-state index in [0.29, 0.717) is 0 Å². The highest BCUT2D eigenvalue weighted by Gasteiger charge is 2.49. The second-order valence-corrected chi connectivity index (χ2v) is 29.1. The van der Waals surface area contributed by atoms with E-state index in [2.05, 4.69) is 366 Å². The summed E-state index contributed by atoms with van der Waals surface area (Å²) in [5.74, 6) is 1.75. The molecular formula is C92H69B2N3O. The van der Waals surface area contributed by atoms with Gasteiger partial charge in [-0.25, -0.2) is 0 Å². The highest BCUT2D eigenvalue weighted by molar-refractivity contribution is 7.02. The lowest BCUT2D eigenvalue weighted by atomic mass is 9.30. The van der Waals surface area contributed by atoms with Crippen LogP contribution in [0.1, 0.15) is 52.7 Å². The predicted molar refractivity (Wildman–Crippen MR) is 418 cm³/mol. The molecule has 0 fully saturated rings. The summed E-state index contributed by atoms with van der Waals surface area (Å²) in [7, 11) is 0. The largest absolute Gasteiger partial charge is 0.458 e. The number of para-hydroxylation sites is 4. The molecule has 0 bridgehead atoms. The van der Waals surface area contributed by atoms with Crippen molar-refractivity contribution in [1.29, 1.82) is 0 Å². The van der Waals surface area contributed by atoms with Gasteiger partial charge < -0.3 is 19.4 Å². The first-order valence-electron chi connectivity index (χ1n) is 34.5. The molecule has 6 heteroatoms. The van der Waals surface area contributed by atoms with Crippen molar-refractivity contribution in [2.24, 2.45) is 0 Å². The third kappa shape index (κ3) is 8.86. The Balaban J connectivity index is 0.919. The first-order chi connectivity index (χ1) is 47.9. The average Bonchev–Trinajstić information content (AvgIpc) is 0.696. The number of hydrogen-bond donors (Lipinski definition) is 0. The monoisotopic (exact) mass is 1250 g/mol. The van der Waals surface area contributed by atoms with Gasteiger partial charge in [-0.2, -0.15) is 0 Å². The number of nitrogens with zero attached hydrogens (tertiary/aromatic N) is 3. The fourth-order valence-electron chi connectivity index (χ4n) is 16.8. The Morgan fingerprint density at radius 2 is 0.633 bits per heavy atom. The molecule has 0 aromatic heterocycles. The molecule has 0 saturated carbocycles. The maximum Gasteiger partial charge on any atom is 0.256 e. The van der Waals surface area contributed by atoms with E-state index >= 15 is 0 Å². The Morgan fingerprint density at radius 3 is 1.09 bits per heavy atom. The van der Waals surface area contributed by atoms with Crippen LogP contribution >= 0.6 is 0 Å². The molecule has 0 radical (unpaired) electrons.